The largest absolute Gasteiger partial charge is 0.369 e. The molecular weight excluding hydrogens is 288 g/mol. The van der Waals surface area contributed by atoms with E-state index in [0.717, 1.165) is 16.2 Å². The molecule has 19 heavy (non-hydrogen) atoms. The molecule has 0 fully saturated rings. The molecule has 0 bridgehead atoms. The van der Waals surface area contributed by atoms with Crippen LogP contribution in [0.15, 0.2) is 16.3 Å². The van der Waals surface area contributed by atoms with E-state index >= 15 is 0 Å². The monoisotopic (exact) mass is 306 g/mol. The lowest BCUT2D eigenvalue weighted by Gasteiger charge is -2.13. The summed E-state index contributed by atoms with van der Waals surface area (Å²) < 4.78 is 27.6. The SMILES string of the molecule is CC(C)OCC(=O)NC(C)c1ccc(S(N)(=O)=O)s1. The third-order valence-electron chi connectivity index (χ3n) is 2.23. The van der Waals surface area contributed by atoms with Gasteiger partial charge in [-0.3, -0.25) is 4.79 Å². The Kier molecular flexibility index (Phi) is 5.48. The first kappa shape index (κ1) is 16.1. The fourth-order valence-corrected chi connectivity index (χ4v) is 3.07. The fraction of sp³-hybridized carbons (Fsp3) is 0.545. The number of hydrogen-bond acceptors (Lipinski definition) is 5. The summed E-state index contributed by atoms with van der Waals surface area (Å²) in [4.78, 5) is 12.3. The number of carbonyl (C=O) groups excluding carboxylic acids is 1. The number of sulfonamides is 1. The summed E-state index contributed by atoms with van der Waals surface area (Å²) >= 11 is 1.05. The average Bonchev–Trinajstić information content (AvgIpc) is 2.75. The molecule has 1 rings (SSSR count). The van der Waals surface area contributed by atoms with Crippen LogP contribution in [0.5, 0.6) is 0 Å². The molecule has 0 saturated heterocycles. The van der Waals surface area contributed by atoms with Crippen LogP contribution < -0.4 is 10.5 Å². The van der Waals surface area contributed by atoms with Crippen molar-refractivity contribution in [3.05, 3.63) is 17.0 Å². The Hall–Kier alpha value is -0.960. The summed E-state index contributed by atoms with van der Waals surface area (Å²) in [6, 6.07) is 2.78. The highest BCUT2D eigenvalue weighted by Gasteiger charge is 2.16. The summed E-state index contributed by atoms with van der Waals surface area (Å²) in [6.45, 7) is 5.43. The Balaban J connectivity index is 2.61. The third kappa shape index (κ3) is 5.27. The van der Waals surface area contributed by atoms with Gasteiger partial charge in [0, 0.05) is 4.88 Å². The number of nitrogens with one attached hydrogen (secondary N) is 1. The van der Waals surface area contributed by atoms with E-state index in [2.05, 4.69) is 5.32 Å². The maximum absolute atomic E-state index is 11.6. The summed E-state index contributed by atoms with van der Waals surface area (Å²) in [5.41, 5.74) is 0. The van der Waals surface area contributed by atoms with Crippen molar-refractivity contribution < 1.29 is 17.9 Å². The summed E-state index contributed by atoms with van der Waals surface area (Å²) in [6.07, 6.45) is -0.0169. The highest BCUT2D eigenvalue weighted by atomic mass is 32.2. The zero-order valence-corrected chi connectivity index (χ0v) is 12.7. The van der Waals surface area contributed by atoms with Gasteiger partial charge < -0.3 is 10.1 Å². The van der Waals surface area contributed by atoms with Crippen LogP contribution in [-0.2, 0) is 19.6 Å². The normalized spacial score (nSPS) is 13.5. The predicted octanol–water partition coefficient (Wildman–Crippen LogP) is 0.998. The van der Waals surface area contributed by atoms with E-state index < -0.39 is 10.0 Å². The number of rotatable bonds is 6. The molecule has 1 heterocycles. The second-order valence-corrected chi connectivity index (χ2v) is 7.25. The standard InChI is InChI=1S/C11H18N2O4S2/c1-7(2)17-6-10(14)13-8(3)9-4-5-11(18-9)19(12,15)16/h4-5,7-8H,6H2,1-3H3,(H,13,14)(H2,12,15,16). The molecule has 6 nitrogen and oxygen atoms in total. The molecule has 1 amide bonds. The van der Waals surface area contributed by atoms with Crippen molar-refractivity contribution in [1.29, 1.82) is 0 Å². The van der Waals surface area contributed by atoms with Crippen molar-refractivity contribution >= 4 is 27.3 Å². The fourth-order valence-electron chi connectivity index (χ4n) is 1.32. The van der Waals surface area contributed by atoms with Gasteiger partial charge in [0.25, 0.3) is 0 Å². The van der Waals surface area contributed by atoms with Crippen LogP contribution in [0, 0.1) is 0 Å². The number of primary sulfonamides is 1. The molecule has 1 aromatic heterocycles. The maximum Gasteiger partial charge on any atom is 0.247 e. The van der Waals surface area contributed by atoms with Gasteiger partial charge in [0.05, 0.1) is 12.1 Å². The highest BCUT2D eigenvalue weighted by Crippen LogP contribution is 2.25. The number of carbonyl (C=O) groups is 1. The van der Waals surface area contributed by atoms with Gasteiger partial charge in [-0.05, 0) is 32.9 Å². The Morgan fingerprint density at radius 1 is 1.42 bits per heavy atom. The predicted molar refractivity (Wildman–Crippen MR) is 73.3 cm³/mol. The van der Waals surface area contributed by atoms with Crippen molar-refractivity contribution in [1.82, 2.24) is 5.32 Å². The van der Waals surface area contributed by atoms with Crippen molar-refractivity contribution in [3.8, 4) is 0 Å². The smallest absolute Gasteiger partial charge is 0.247 e. The number of thiophene rings is 1. The lowest BCUT2D eigenvalue weighted by Crippen LogP contribution is -2.30. The second-order valence-electron chi connectivity index (χ2n) is 4.35. The van der Waals surface area contributed by atoms with Gasteiger partial charge in [0.2, 0.25) is 15.9 Å². The molecule has 0 aliphatic rings. The van der Waals surface area contributed by atoms with Gasteiger partial charge in [0.15, 0.2) is 0 Å². The van der Waals surface area contributed by atoms with E-state index in [9.17, 15) is 13.2 Å². The zero-order valence-electron chi connectivity index (χ0n) is 11.0. The van der Waals surface area contributed by atoms with E-state index in [0.29, 0.717) is 0 Å². The lowest BCUT2D eigenvalue weighted by atomic mass is 10.3. The molecule has 0 aromatic carbocycles. The Bertz CT molecular complexity index is 537. The Labute approximate surface area is 117 Å². The van der Waals surface area contributed by atoms with Gasteiger partial charge in [0.1, 0.15) is 10.8 Å². The minimum absolute atomic E-state index is 0.0169. The van der Waals surface area contributed by atoms with E-state index in [-0.39, 0.29) is 28.9 Å². The molecule has 0 aliphatic heterocycles. The number of ether oxygens (including phenoxy) is 1. The van der Waals surface area contributed by atoms with Crippen LogP contribution >= 0.6 is 11.3 Å². The Morgan fingerprint density at radius 2 is 2.05 bits per heavy atom. The minimum Gasteiger partial charge on any atom is -0.369 e. The molecule has 0 saturated carbocycles. The van der Waals surface area contributed by atoms with Crippen molar-refractivity contribution in [2.24, 2.45) is 5.14 Å². The van der Waals surface area contributed by atoms with Gasteiger partial charge in [-0.25, -0.2) is 13.6 Å². The summed E-state index contributed by atoms with van der Waals surface area (Å²) in [5, 5.41) is 7.75. The molecule has 0 aliphatic carbocycles. The maximum atomic E-state index is 11.6. The molecular formula is C11H18N2O4S2. The van der Waals surface area contributed by atoms with Gasteiger partial charge >= 0.3 is 0 Å². The third-order valence-corrected chi connectivity index (χ3v) is 4.94. The molecule has 1 atom stereocenters. The lowest BCUT2D eigenvalue weighted by molar-refractivity contribution is -0.127. The second kappa shape index (κ2) is 6.47. The molecule has 0 spiro atoms. The van der Waals surface area contributed by atoms with Crippen LogP contribution in [0.1, 0.15) is 31.7 Å². The van der Waals surface area contributed by atoms with E-state index in [1.54, 1.807) is 13.0 Å². The highest BCUT2D eigenvalue weighted by molar-refractivity contribution is 7.91. The van der Waals surface area contributed by atoms with Crippen molar-refractivity contribution in [3.63, 3.8) is 0 Å². The molecule has 108 valence electrons. The number of amides is 1. The first-order valence-corrected chi connectivity index (χ1v) is 8.10. The Morgan fingerprint density at radius 3 is 2.53 bits per heavy atom. The van der Waals surface area contributed by atoms with Crippen LogP contribution in [0.25, 0.3) is 0 Å². The zero-order chi connectivity index (χ0) is 14.6. The number of hydrogen-bond donors (Lipinski definition) is 2. The molecule has 3 N–H and O–H groups in total. The molecule has 1 aromatic rings. The van der Waals surface area contributed by atoms with Crippen LogP contribution in [0.4, 0.5) is 0 Å². The van der Waals surface area contributed by atoms with Crippen LogP contribution in [0.2, 0.25) is 0 Å². The summed E-state index contributed by atoms with van der Waals surface area (Å²) in [5.74, 6) is -0.244. The molecule has 1 unspecified atom stereocenters. The summed E-state index contributed by atoms with van der Waals surface area (Å²) in [7, 11) is -3.68. The van der Waals surface area contributed by atoms with Crippen molar-refractivity contribution in [2.45, 2.75) is 37.1 Å². The van der Waals surface area contributed by atoms with Crippen LogP contribution in [0.3, 0.4) is 0 Å². The minimum atomic E-state index is -3.68. The van der Waals surface area contributed by atoms with Gasteiger partial charge in [-0.1, -0.05) is 0 Å². The first-order chi connectivity index (χ1) is 8.70. The average molecular weight is 306 g/mol. The first-order valence-electron chi connectivity index (χ1n) is 5.73. The molecule has 8 heteroatoms. The van der Waals surface area contributed by atoms with Gasteiger partial charge in [-0.15, -0.1) is 11.3 Å². The molecule has 0 radical (unpaired) electrons. The van der Waals surface area contributed by atoms with E-state index in [1.165, 1.54) is 6.07 Å². The van der Waals surface area contributed by atoms with E-state index in [1.807, 2.05) is 13.8 Å². The topological polar surface area (TPSA) is 98.5 Å². The van der Waals surface area contributed by atoms with Crippen LogP contribution in [-0.4, -0.2) is 27.0 Å². The van der Waals surface area contributed by atoms with Crippen molar-refractivity contribution in [2.75, 3.05) is 6.61 Å². The quantitative estimate of drug-likeness (QED) is 0.819. The number of nitrogens with two attached hydrogens (primary N) is 1. The van der Waals surface area contributed by atoms with Gasteiger partial charge in [-0.2, -0.15) is 0 Å². The van der Waals surface area contributed by atoms with E-state index in [4.69, 9.17) is 9.88 Å².